The van der Waals surface area contributed by atoms with Crippen molar-refractivity contribution in [3.05, 3.63) is 80.0 Å². The molecule has 0 aliphatic rings. The topological polar surface area (TPSA) is 131 Å². The number of phenols is 1. The van der Waals surface area contributed by atoms with Crippen LogP contribution in [-0.2, 0) is 21.3 Å². The molecule has 4 rings (SSSR count). The summed E-state index contributed by atoms with van der Waals surface area (Å²) in [5, 5.41) is 10.2. The van der Waals surface area contributed by atoms with Crippen molar-refractivity contribution >= 4 is 50.0 Å². The van der Waals surface area contributed by atoms with Gasteiger partial charge in [0, 0.05) is 27.6 Å². The summed E-state index contributed by atoms with van der Waals surface area (Å²) in [6.07, 6.45) is 0.125. The van der Waals surface area contributed by atoms with Crippen LogP contribution in [0.4, 0.5) is 0 Å². The Bertz CT molecular complexity index is 1550. The molecule has 0 unspecified atom stereocenters. The van der Waals surface area contributed by atoms with Crippen molar-refractivity contribution in [1.82, 2.24) is 0 Å². The van der Waals surface area contributed by atoms with E-state index in [1.54, 1.807) is 24.3 Å². The fourth-order valence-corrected chi connectivity index (χ4v) is 5.66. The van der Waals surface area contributed by atoms with Crippen LogP contribution in [0.2, 0.25) is 5.02 Å². The van der Waals surface area contributed by atoms with Crippen molar-refractivity contribution in [2.45, 2.75) is 11.3 Å². The molecule has 0 aliphatic carbocycles. The third kappa shape index (κ3) is 4.64. The molecule has 0 spiro atoms. The van der Waals surface area contributed by atoms with E-state index in [1.807, 2.05) is 0 Å². The number of phenolic OH excluding ortho intramolecular Hbond substituents is 1. The zero-order chi connectivity index (χ0) is 23.9. The Kier molecular flexibility index (Phi) is 6.02. The molecule has 0 atom stereocenters. The number of hydrogen-bond donors (Lipinski definition) is 2. The molecule has 0 saturated heterocycles. The number of aromatic hydroxyl groups is 1. The molecule has 170 valence electrons. The summed E-state index contributed by atoms with van der Waals surface area (Å²) >= 11 is 6.94. The Morgan fingerprint density at radius 1 is 1.15 bits per heavy atom. The highest BCUT2D eigenvalue weighted by atomic mass is 35.5. The van der Waals surface area contributed by atoms with E-state index in [4.69, 9.17) is 16.0 Å². The van der Waals surface area contributed by atoms with Crippen molar-refractivity contribution in [1.29, 1.82) is 0 Å². The van der Waals surface area contributed by atoms with Gasteiger partial charge in [0.15, 0.2) is 0 Å². The highest BCUT2D eigenvalue weighted by molar-refractivity contribution is 7.86. The molecule has 2 N–H and O–H groups in total. The third-order valence-electron chi connectivity index (χ3n) is 4.85. The van der Waals surface area contributed by atoms with Gasteiger partial charge in [-0.2, -0.15) is 8.42 Å². The maximum atomic E-state index is 12.6. The minimum Gasteiger partial charge on any atom is -0.506 e. The number of carbonyl (C=O) groups excluding carboxylic acids is 1. The lowest BCUT2D eigenvalue weighted by Crippen LogP contribution is -2.02. The normalized spacial score (nSPS) is 11.6. The summed E-state index contributed by atoms with van der Waals surface area (Å²) in [7, 11) is -3.32. The molecule has 0 fully saturated rings. The lowest BCUT2D eigenvalue weighted by Gasteiger charge is -2.04. The summed E-state index contributed by atoms with van der Waals surface area (Å²) in [6.45, 7) is 0. The average Bonchev–Trinajstić information content (AvgIpc) is 3.18. The highest BCUT2D eigenvalue weighted by Gasteiger charge is 2.23. The van der Waals surface area contributed by atoms with E-state index in [0.29, 0.717) is 21.4 Å². The van der Waals surface area contributed by atoms with Gasteiger partial charge in [0.25, 0.3) is 10.1 Å². The summed E-state index contributed by atoms with van der Waals surface area (Å²) in [4.78, 5) is 24.4. The molecule has 8 nitrogen and oxygen atoms in total. The largest absolute Gasteiger partial charge is 0.506 e. The zero-order valence-corrected chi connectivity index (χ0v) is 19.3. The quantitative estimate of drug-likeness (QED) is 0.230. The molecule has 0 amide bonds. The van der Waals surface area contributed by atoms with Gasteiger partial charge in [-0.3, -0.25) is 4.55 Å². The maximum absolute atomic E-state index is 12.6. The second kappa shape index (κ2) is 8.64. The van der Waals surface area contributed by atoms with Crippen LogP contribution in [0.1, 0.15) is 20.8 Å². The van der Waals surface area contributed by atoms with Crippen LogP contribution in [0.3, 0.4) is 0 Å². The van der Waals surface area contributed by atoms with E-state index in [9.17, 15) is 27.7 Å². The van der Waals surface area contributed by atoms with E-state index < -0.39 is 21.7 Å². The van der Waals surface area contributed by atoms with Crippen molar-refractivity contribution < 1.29 is 32.0 Å². The second-order valence-electron chi connectivity index (χ2n) is 7.03. The van der Waals surface area contributed by atoms with E-state index in [2.05, 4.69) is 4.74 Å². The Hall–Kier alpha value is -3.18. The van der Waals surface area contributed by atoms with Crippen LogP contribution < -0.4 is 5.63 Å². The number of hydrogen-bond acceptors (Lipinski definition) is 8. The number of thiophene rings is 1. The molecule has 11 heteroatoms. The number of benzene rings is 2. The van der Waals surface area contributed by atoms with Crippen molar-refractivity contribution in [2.24, 2.45) is 0 Å². The van der Waals surface area contributed by atoms with Gasteiger partial charge >= 0.3 is 11.6 Å². The molecular weight excluding hydrogens is 492 g/mol. The van der Waals surface area contributed by atoms with E-state index in [0.717, 1.165) is 11.3 Å². The number of methoxy groups -OCH3 is 1. The molecule has 2 heterocycles. The van der Waals surface area contributed by atoms with Gasteiger partial charge in [-0.1, -0.05) is 23.7 Å². The van der Waals surface area contributed by atoms with Crippen LogP contribution >= 0.6 is 22.9 Å². The summed E-state index contributed by atoms with van der Waals surface area (Å²) in [5.74, 6) is -0.750. The minimum atomic E-state index is -4.58. The van der Waals surface area contributed by atoms with Crippen LogP contribution in [0.15, 0.2) is 62.6 Å². The monoisotopic (exact) mass is 506 g/mol. The highest BCUT2D eigenvalue weighted by Crippen LogP contribution is 2.36. The molecular formula is C22H15ClO8S2. The molecule has 33 heavy (non-hydrogen) atoms. The molecule has 2 aromatic carbocycles. The van der Waals surface area contributed by atoms with E-state index in [1.165, 1.54) is 31.4 Å². The van der Waals surface area contributed by atoms with E-state index in [-0.39, 0.29) is 38.1 Å². The Balaban J connectivity index is 1.79. The fourth-order valence-electron chi connectivity index (χ4n) is 3.25. The molecule has 0 saturated carbocycles. The summed E-state index contributed by atoms with van der Waals surface area (Å²) < 4.78 is 43.7. The van der Waals surface area contributed by atoms with Crippen LogP contribution in [-0.4, -0.2) is 31.2 Å². The predicted molar refractivity (Wildman–Crippen MR) is 123 cm³/mol. The average molecular weight is 507 g/mol. The SMILES string of the molecule is COC(=O)c1ccc(Cc2sc(-c3cc4cc(Cl)c(O)cc4oc3=O)cc2S(=O)(=O)O)cc1. The van der Waals surface area contributed by atoms with Gasteiger partial charge in [0.2, 0.25) is 0 Å². The third-order valence-corrected chi connectivity index (χ3v) is 7.38. The minimum absolute atomic E-state index is 0.0585. The fraction of sp³-hybridized carbons (Fsp3) is 0.0909. The number of ether oxygens (including phenoxy) is 1. The number of carbonyl (C=O) groups is 1. The van der Waals surface area contributed by atoms with Crippen LogP contribution in [0.5, 0.6) is 5.75 Å². The summed E-state index contributed by atoms with van der Waals surface area (Å²) in [5.41, 5.74) is 0.450. The number of fused-ring (bicyclic) bond motifs is 1. The van der Waals surface area contributed by atoms with Crippen molar-refractivity contribution in [3.63, 3.8) is 0 Å². The first kappa shape index (κ1) is 23.0. The lowest BCUT2D eigenvalue weighted by molar-refractivity contribution is 0.0600. The first-order valence-electron chi connectivity index (χ1n) is 9.31. The number of halogens is 1. The van der Waals surface area contributed by atoms with Crippen LogP contribution in [0.25, 0.3) is 21.4 Å². The molecule has 0 aliphatic heterocycles. The zero-order valence-electron chi connectivity index (χ0n) is 16.9. The maximum Gasteiger partial charge on any atom is 0.345 e. The van der Waals surface area contributed by atoms with Crippen molar-refractivity contribution in [3.8, 4) is 16.2 Å². The van der Waals surface area contributed by atoms with E-state index >= 15 is 0 Å². The first-order chi connectivity index (χ1) is 15.6. The second-order valence-corrected chi connectivity index (χ2v) is 9.96. The van der Waals surface area contributed by atoms with Crippen molar-refractivity contribution in [2.75, 3.05) is 7.11 Å². The number of rotatable bonds is 5. The Morgan fingerprint density at radius 3 is 2.48 bits per heavy atom. The molecule has 2 aromatic heterocycles. The van der Waals surface area contributed by atoms with Crippen LogP contribution in [0, 0.1) is 0 Å². The lowest BCUT2D eigenvalue weighted by atomic mass is 10.1. The molecule has 0 radical (unpaired) electrons. The van der Waals surface area contributed by atoms with Gasteiger partial charge < -0.3 is 14.3 Å². The summed E-state index contributed by atoms with van der Waals surface area (Å²) in [6, 6.07) is 11.7. The smallest absolute Gasteiger partial charge is 0.345 e. The van der Waals surface area contributed by atoms with Gasteiger partial charge in [-0.25, -0.2) is 9.59 Å². The Morgan fingerprint density at radius 2 is 1.85 bits per heavy atom. The van der Waals surface area contributed by atoms with Gasteiger partial charge in [-0.05, 0) is 35.9 Å². The van der Waals surface area contributed by atoms with Gasteiger partial charge in [-0.15, -0.1) is 11.3 Å². The standard InChI is InChI=1S/C22H15ClO8S2/c1-30-21(25)12-4-2-11(3-5-12)6-19-20(33(27,28)29)10-18(32-19)14-7-13-8-15(23)16(24)9-17(13)31-22(14)26/h2-5,7-10,24H,6H2,1H3,(H,27,28,29). The predicted octanol–water partition coefficient (Wildman–Crippen LogP) is 4.50. The van der Waals surface area contributed by atoms with Gasteiger partial charge in [0.05, 0.1) is 23.3 Å². The molecule has 4 aromatic rings. The van der Waals surface area contributed by atoms with Gasteiger partial charge in [0.1, 0.15) is 16.2 Å². The first-order valence-corrected chi connectivity index (χ1v) is 11.9. The molecule has 0 bridgehead atoms. The number of esters is 1. The Labute approximate surface area is 196 Å².